The molecule has 4 rings (SSSR count). The van der Waals surface area contributed by atoms with Gasteiger partial charge in [-0.25, -0.2) is 9.07 Å². The van der Waals surface area contributed by atoms with Crippen molar-refractivity contribution in [2.45, 2.75) is 0 Å². The summed E-state index contributed by atoms with van der Waals surface area (Å²) in [5.74, 6) is 0.683. The maximum atomic E-state index is 13.0. The largest absolute Gasteiger partial charge is 0.437 e. The SMILES string of the molecule is Fc1ccc(-c2ccc(Oc3cccc(-n4ccnn4)c3)nn2)cc1. The summed E-state index contributed by atoms with van der Waals surface area (Å²) >= 11 is 0. The van der Waals surface area contributed by atoms with E-state index in [1.165, 1.54) is 12.1 Å². The Hall–Kier alpha value is -3.61. The maximum absolute atomic E-state index is 13.0. The lowest BCUT2D eigenvalue weighted by molar-refractivity contribution is 0.455. The Kier molecular flexibility index (Phi) is 3.88. The highest BCUT2D eigenvalue weighted by atomic mass is 19.1. The van der Waals surface area contributed by atoms with E-state index in [1.54, 1.807) is 41.3 Å². The molecule has 7 heteroatoms. The number of nitrogens with zero attached hydrogens (tertiary/aromatic N) is 5. The van der Waals surface area contributed by atoms with Crippen LogP contribution in [0.3, 0.4) is 0 Å². The molecule has 0 aliphatic heterocycles. The number of hydrogen-bond donors (Lipinski definition) is 0. The Morgan fingerprint density at radius 1 is 0.920 bits per heavy atom. The monoisotopic (exact) mass is 333 g/mol. The third-order valence-corrected chi connectivity index (χ3v) is 3.51. The number of ether oxygens (including phenoxy) is 1. The van der Waals surface area contributed by atoms with Crippen LogP contribution in [0.1, 0.15) is 0 Å². The van der Waals surface area contributed by atoms with Gasteiger partial charge in [0.05, 0.1) is 23.8 Å². The predicted octanol–water partition coefficient (Wildman–Crippen LogP) is 3.66. The van der Waals surface area contributed by atoms with Crippen LogP contribution in [0.25, 0.3) is 16.9 Å². The van der Waals surface area contributed by atoms with Gasteiger partial charge in [-0.15, -0.1) is 15.3 Å². The molecule has 122 valence electrons. The molecule has 6 nitrogen and oxygen atoms in total. The molecule has 25 heavy (non-hydrogen) atoms. The predicted molar refractivity (Wildman–Crippen MR) is 88.9 cm³/mol. The van der Waals surface area contributed by atoms with Gasteiger partial charge in [0.2, 0.25) is 5.88 Å². The fourth-order valence-electron chi connectivity index (χ4n) is 2.31. The number of hydrogen-bond acceptors (Lipinski definition) is 5. The summed E-state index contributed by atoms with van der Waals surface area (Å²) in [7, 11) is 0. The summed E-state index contributed by atoms with van der Waals surface area (Å²) < 4.78 is 20.3. The third-order valence-electron chi connectivity index (χ3n) is 3.51. The van der Waals surface area contributed by atoms with Crippen molar-refractivity contribution in [3.63, 3.8) is 0 Å². The van der Waals surface area contributed by atoms with Crippen LogP contribution in [-0.2, 0) is 0 Å². The first-order valence-electron chi connectivity index (χ1n) is 7.52. The zero-order valence-electron chi connectivity index (χ0n) is 13.0. The molecule has 2 aromatic carbocycles. The van der Waals surface area contributed by atoms with Crippen LogP contribution in [0.4, 0.5) is 4.39 Å². The topological polar surface area (TPSA) is 65.7 Å². The van der Waals surface area contributed by atoms with Gasteiger partial charge in [-0.05, 0) is 42.5 Å². The van der Waals surface area contributed by atoms with E-state index in [0.717, 1.165) is 11.3 Å². The second kappa shape index (κ2) is 6.48. The Morgan fingerprint density at radius 3 is 2.52 bits per heavy atom. The Labute approximate surface area is 142 Å². The van der Waals surface area contributed by atoms with E-state index in [1.807, 2.05) is 24.3 Å². The van der Waals surface area contributed by atoms with Crippen LogP contribution in [0.5, 0.6) is 11.6 Å². The van der Waals surface area contributed by atoms with Crippen LogP contribution in [0, 0.1) is 5.82 Å². The lowest BCUT2D eigenvalue weighted by Crippen LogP contribution is -1.96. The zero-order chi connectivity index (χ0) is 17.1. The van der Waals surface area contributed by atoms with E-state index < -0.39 is 0 Å². The van der Waals surface area contributed by atoms with Gasteiger partial charge in [0.15, 0.2) is 0 Å². The van der Waals surface area contributed by atoms with Crippen molar-refractivity contribution in [2.75, 3.05) is 0 Å². The Morgan fingerprint density at radius 2 is 1.80 bits per heavy atom. The third kappa shape index (κ3) is 3.35. The van der Waals surface area contributed by atoms with E-state index in [-0.39, 0.29) is 5.82 Å². The van der Waals surface area contributed by atoms with Crippen molar-refractivity contribution >= 4 is 0 Å². The first-order chi connectivity index (χ1) is 12.3. The number of halogens is 1. The van der Waals surface area contributed by atoms with Crippen LogP contribution in [0.15, 0.2) is 73.1 Å². The minimum atomic E-state index is -0.288. The molecule has 0 aliphatic rings. The minimum absolute atomic E-state index is 0.288. The molecule has 0 atom stereocenters. The molecular weight excluding hydrogens is 321 g/mol. The van der Waals surface area contributed by atoms with Gasteiger partial charge in [-0.1, -0.05) is 11.3 Å². The number of aromatic nitrogens is 5. The quantitative estimate of drug-likeness (QED) is 0.570. The van der Waals surface area contributed by atoms with Gasteiger partial charge < -0.3 is 4.74 Å². The molecule has 0 saturated carbocycles. The molecule has 0 unspecified atom stereocenters. The molecule has 0 bridgehead atoms. The molecule has 0 amide bonds. The lowest BCUT2D eigenvalue weighted by Gasteiger charge is -2.07. The Balaban J connectivity index is 1.53. The fraction of sp³-hybridized carbons (Fsp3) is 0. The van der Waals surface area contributed by atoms with Crippen molar-refractivity contribution in [1.29, 1.82) is 0 Å². The van der Waals surface area contributed by atoms with E-state index in [2.05, 4.69) is 20.5 Å². The molecule has 2 aromatic heterocycles. The molecule has 4 aromatic rings. The molecular formula is C18H12FN5O. The van der Waals surface area contributed by atoms with Crippen molar-refractivity contribution in [1.82, 2.24) is 25.2 Å². The maximum Gasteiger partial charge on any atom is 0.238 e. The molecule has 0 fully saturated rings. The van der Waals surface area contributed by atoms with Crippen LogP contribution < -0.4 is 4.74 Å². The number of rotatable bonds is 4. The first kappa shape index (κ1) is 14.9. The summed E-state index contributed by atoms with van der Waals surface area (Å²) in [5, 5.41) is 15.9. The molecule has 2 heterocycles. The van der Waals surface area contributed by atoms with Crippen molar-refractivity contribution in [2.24, 2.45) is 0 Å². The van der Waals surface area contributed by atoms with Gasteiger partial charge in [-0.2, -0.15) is 0 Å². The van der Waals surface area contributed by atoms with Gasteiger partial charge in [0.25, 0.3) is 0 Å². The van der Waals surface area contributed by atoms with Crippen molar-refractivity contribution < 1.29 is 9.13 Å². The smallest absolute Gasteiger partial charge is 0.238 e. The summed E-state index contributed by atoms with van der Waals surface area (Å²) in [6, 6.07) is 17.0. The van der Waals surface area contributed by atoms with Crippen molar-refractivity contribution in [3.8, 4) is 28.6 Å². The highest BCUT2D eigenvalue weighted by Gasteiger charge is 2.05. The molecule has 0 radical (unpaired) electrons. The second-order valence-corrected chi connectivity index (χ2v) is 5.21. The fourth-order valence-corrected chi connectivity index (χ4v) is 2.31. The average molecular weight is 333 g/mol. The van der Waals surface area contributed by atoms with E-state index in [0.29, 0.717) is 17.3 Å². The zero-order valence-corrected chi connectivity index (χ0v) is 13.0. The second-order valence-electron chi connectivity index (χ2n) is 5.21. The highest BCUT2D eigenvalue weighted by molar-refractivity contribution is 5.58. The first-order valence-corrected chi connectivity index (χ1v) is 7.52. The van der Waals surface area contributed by atoms with Crippen LogP contribution >= 0.6 is 0 Å². The van der Waals surface area contributed by atoms with E-state index >= 15 is 0 Å². The molecule has 0 N–H and O–H groups in total. The summed E-state index contributed by atoms with van der Waals surface area (Å²) in [6.45, 7) is 0. The summed E-state index contributed by atoms with van der Waals surface area (Å²) in [5.41, 5.74) is 2.25. The molecule has 0 aliphatic carbocycles. The highest BCUT2D eigenvalue weighted by Crippen LogP contribution is 2.23. The van der Waals surface area contributed by atoms with Crippen LogP contribution in [0.2, 0.25) is 0 Å². The van der Waals surface area contributed by atoms with Gasteiger partial charge >= 0.3 is 0 Å². The van der Waals surface area contributed by atoms with E-state index in [9.17, 15) is 4.39 Å². The summed E-state index contributed by atoms with van der Waals surface area (Å²) in [4.78, 5) is 0. The average Bonchev–Trinajstić information content (AvgIpc) is 3.18. The van der Waals surface area contributed by atoms with Gasteiger partial charge in [0.1, 0.15) is 11.6 Å². The minimum Gasteiger partial charge on any atom is -0.437 e. The van der Waals surface area contributed by atoms with Crippen LogP contribution in [-0.4, -0.2) is 25.2 Å². The number of benzene rings is 2. The van der Waals surface area contributed by atoms with Crippen molar-refractivity contribution in [3.05, 3.63) is 78.9 Å². The summed E-state index contributed by atoms with van der Waals surface area (Å²) in [6.07, 6.45) is 3.35. The normalized spacial score (nSPS) is 10.6. The lowest BCUT2D eigenvalue weighted by atomic mass is 10.1. The standard InChI is InChI=1S/C18H12FN5O/c19-14-6-4-13(5-7-14)17-8-9-18(22-21-17)25-16-3-1-2-15(12-16)24-11-10-20-23-24/h1-12H. The molecule has 0 spiro atoms. The van der Waals surface area contributed by atoms with Gasteiger partial charge in [-0.3, -0.25) is 0 Å². The molecule has 0 saturated heterocycles. The van der Waals surface area contributed by atoms with E-state index in [4.69, 9.17) is 4.74 Å². The Bertz CT molecular complexity index is 969. The van der Waals surface area contributed by atoms with Gasteiger partial charge in [0, 0.05) is 17.7 Å².